The molecule has 2 fully saturated rings. The molecule has 1 aliphatic heterocycles. The minimum absolute atomic E-state index is 0.358. The van der Waals surface area contributed by atoms with Crippen molar-refractivity contribution in [2.75, 3.05) is 33.2 Å². The Morgan fingerprint density at radius 1 is 1.29 bits per heavy atom. The molecule has 0 aromatic heterocycles. The second-order valence-corrected chi connectivity index (χ2v) is 6.59. The molecule has 0 radical (unpaired) electrons. The summed E-state index contributed by atoms with van der Waals surface area (Å²) in [7, 11) is 2.24. The molecule has 17 heavy (non-hydrogen) atoms. The van der Waals surface area contributed by atoms with Crippen molar-refractivity contribution in [1.82, 2.24) is 9.80 Å². The van der Waals surface area contributed by atoms with Gasteiger partial charge in [0.1, 0.15) is 0 Å². The van der Waals surface area contributed by atoms with Crippen LogP contribution in [0.5, 0.6) is 0 Å². The first-order chi connectivity index (χ1) is 8.01. The van der Waals surface area contributed by atoms with Gasteiger partial charge in [-0.2, -0.15) is 0 Å². The van der Waals surface area contributed by atoms with Crippen LogP contribution in [-0.4, -0.2) is 55.1 Å². The van der Waals surface area contributed by atoms with Crippen LogP contribution in [0.1, 0.15) is 39.5 Å². The smallest absolute Gasteiger partial charge is 0.0195 e. The molecule has 0 aromatic carbocycles. The van der Waals surface area contributed by atoms with Crippen LogP contribution in [0.2, 0.25) is 0 Å². The largest absolute Gasteiger partial charge is 0.327 e. The lowest BCUT2D eigenvalue weighted by atomic mass is 9.84. The van der Waals surface area contributed by atoms with E-state index in [1.165, 1.54) is 51.9 Å². The number of nitrogens with two attached hydrogens (primary N) is 1. The fourth-order valence-corrected chi connectivity index (χ4v) is 3.58. The quantitative estimate of drug-likeness (QED) is 0.793. The van der Waals surface area contributed by atoms with E-state index in [9.17, 15) is 0 Å². The van der Waals surface area contributed by atoms with Gasteiger partial charge < -0.3 is 10.6 Å². The second-order valence-electron chi connectivity index (χ2n) is 6.59. The summed E-state index contributed by atoms with van der Waals surface area (Å²) in [5.41, 5.74) is 6.66. The van der Waals surface area contributed by atoms with Crippen molar-refractivity contribution in [2.24, 2.45) is 11.1 Å². The van der Waals surface area contributed by atoms with Crippen molar-refractivity contribution in [3.8, 4) is 0 Å². The molecule has 0 spiro atoms. The molecule has 1 heterocycles. The number of rotatable bonds is 2. The molecule has 0 aromatic rings. The second kappa shape index (κ2) is 5.25. The van der Waals surface area contributed by atoms with Gasteiger partial charge in [0.05, 0.1) is 0 Å². The Morgan fingerprint density at radius 3 is 2.71 bits per heavy atom. The van der Waals surface area contributed by atoms with Gasteiger partial charge in [-0.15, -0.1) is 0 Å². The lowest BCUT2D eigenvalue weighted by molar-refractivity contribution is 0.118. The molecule has 1 saturated carbocycles. The first kappa shape index (κ1) is 13.3. The number of hydrogen-bond acceptors (Lipinski definition) is 3. The highest BCUT2D eigenvalue weighted by atomic mass is 15.2. The molecule has 3 atom stereocenters. The molecule has 1 aliphatic carbocycles. The van der Waals surface area contributed by atoms with E-state index in [2.05, 4.69) is 30.7 Å². The van der Waals surface area contributed by atoms with Crippen molar-refractivity contribution in [3.05, 3.63) is 0 Å². The zero-order valence-corrected chi connectivity index (χ0v) is 11.8. The fourth-order valence-electron chi connectivity index (χ4n) is 3.58. The van der Waals surface area contributed by atoms with E-state index in [4.69, 9.17) is 5.73 Å². The third-order valence-corrected chi connectivity index (χ3v) is 4.91. The number of nitrogens with zero attached hydrogens (tertiary/aromatic N) is 2. The fraction of sp³-hybridized carbons (Fsp3) is 1.00. The molecule has 2 rings (SSSR count). The summed E-state index contributed by atoms with van der Waals surface area (Å²) < 4.78 is 0. The molecule has 1 saturated heterocycles. The molecule has 3 unspecified atom stereocenters. The topological polar surface area (TPSA) is 32.5 Å². The molecule has 3 nitrogen and oxygen atoms in total. The van der Waals surface area contributed by atoms with Crippen molar-refractivity contribution >= 4 is 0 Å². The lowest BCUT2D eigenvalue weighted by Crippen LogP contribution is -2.48. The van der Waals surface area contributed by atoms with Gasteiger partial charge in [0.25, 0.3) is 0 Å². The standard InChI is InChI=1S/C14H29N3/c1-12-10-16(3)8-5-9-17(12)11-14(2)7-4-6-13(14)15/h12-13H,4-11,15H2,1-3H3. The highest BCUT2D eigenvalue weighted by Crippen LogP contribution is 2.37. The minimum Gasteiger partial charge on any atom is -0.327 e. The summed E-state index contributed by atoms with van der Waals surface area (Å²) in [4.78, 5) is 5.14. The maximum atomic E-state index is 6.31. The lowest BCUT2D eigenvalue weighted by Gasteiger charge is -2.38. The van der Waals surface area contributed by atoms with Gasteiger partial charge in [-0.3, -0.25) is 4.90 Å². The van der Waals surface area contributed by atoms with E-state index in [0.29, 0.717) is 17.5 Å². The zero-order valence-electron chi connectivity index (χ0n) is 11.8. The number of likely N-dealkylation sites (N-methyl/N-ethyl adjacent to an activating group) is 1. The molecule has 0 bridgehead atoms. The Morgan fingerprint density at radius 2 is 2.06 bits per heavy atom. The summed E-state index contributed by atoms with van der Waals surface area (Å²) in [6, 6.07) is 1.09. The van der Waals surface area contributed by atoms with E-state index in [0.717, 1.165) is 0 Å². The maximum absolute atomic E-state index is 6.31. The van der Waals surface area contributed by atoms with Gasteiger partial charge in [-0.1, -0.05) is 13.3 Å². The van der Waals surface area contributed by atoms with E-state index in [1.54, 1.807) is 0 Å². The SMILES string of the molecule is CC1CN(C)CCCN1CC1(C)CCCC1N. The van der Waals surface area contributed by atoms with Crippen LogP contribution in [0.4, 0.5) is 0 Å². The van der Waals surface area contributed by atoms with Crippen molar-refractivity contribution in [1.29, 1.82) is 0 Å². The maximum Gasteiger partial charge on any atom is 0.0195 e. The van der Waals surface area contributed by atoms with E-state index < -0.39 is 0 Å². The summed E-state index contributed by atoms with van der Waals surface area (Å²) >= 11 is 0. The first-order valence-electron chi connectivity index (χ1n) is 7.19. The highest BCUT2D eigenvalue weighted by molar-refractivity contribution is 4.94. The molecule has 2 aliphatic rings. The monoisotopic (exact) mass is 239 g/mol. The van der Waals surface area contributed by atoms with E-state index >= 15 is 0 Å². The van der Waals surface area contributed by atoms with Crippen LogP contribution < -0.4 is 5.73 Å². The average Bonchev–Trinajstić information content (AvgIpc) is 2.48. The summed E-state index contributed by atoms with van der Waals surface area (Å²) in [6.45, 7) is 9.64. The van der Waals surface area contributed by atoms with E-state index in [1.807, 2.05) is 0 Å². The van der Waals surface area contributed by atoms with E-state index in [-0.39, 0.29) is 0 Å². The van der Waals surface area contributed by atoms with Crippen molar-refractivity contribution in [3.63, 3.8) is 0 Å². The van der Waals surface area contributed by atoms with Crippen molar-refractivity contribution in [2.45, 2.75) is 51.6 Å². The Kier molecular flexibility index (Phi) is 4.11. The minimum atomic E-state index is 0.358. The summed E-state index contributed by atoms with van der Waals surface area (Å²) in [5, 5.41) is 0. The van der Waals surface area contributed by atoms with Gasteiger partial charge in [-0.25, -0.2) is 0 Å². The Balaban J connectivity index is 1.97. The highest BCUT2D eigenvalue weighted by Gasteiger charge is 2.38. The van der Waals surface area contributed by atoms with Gasteiger partial charge in [0.2, 0.25) is 0 Å². The first-order valence-corrected chi connectivity index (χ1v) is 7.19. The predicted octanol–water partition coefficient (Wildman–Crippen LogP) is 1.53. The van der Waals surface area contributed by atoms with Gasteiger partial charge >= 0.3 is 0 Å². The third kappa shape index (κ3) is 3.01. The van der Waals surface area contributed by atoms with Crippen LogP contribution in [0.15, 0.2) is 0 Å². The Bertz CT molecular complexity index is 256. The van der Waals surface area contributed by atoms with Gasteiger partial charge in [0, 0.05) is 25.2 Å². The van der Waals surface area contributed by atoms with Crippen LogP contribution in [-0.2, 0) is 0 Å². The molecular formula is C14H29N3. The average molecular weight is 239 g/mol. The van der Waals surface area contributed by atoms with Gasteiger partial charge in [0.15, 0.2) is 0 Å². The molecule has 0 amide bonds. The summed E-state index contributed by atoms with van der Waals surface area (Å²) in [6.07, 6.45) is 5.15. The number of hydrogen-bond donors (Lipinski definition) is 1. The Labute approximate surface area is 106 Å². The molecular weight excluding hydrogens is 210 g/mol. The van der Waals surface area contributed by atoms with Crippen LogP contribution in [0, 0.1) is 5.41 Å². The van der Waals surface area contributed by atoms with Gasteiger partial charge in [-0.05, 0) is 51.7 Å². The summed E-state index contributed by atoms with van der Waals surface area (Å²) in [5.74, 6) is 0. The predicted molar refractivity (Wildman–Crippen MR) is 73.1 cm³/mol. The third-order valence-electron chi connectivity index (χ3n) is 4.91. The molecule has 3 heteroatoms. The molecule has 100 valence electrons. The molecule has 2 N–H and O–H groups in total. The normalized spacial score (nSPS) is 41.6. The Hall–Kier alpha value is -0.120. The van der Waals surface area contributed by atoms with Crippen LogP contribution in [0.25, 0.3) is 0 Å². The zero-order chi connectivity index (χ0) is 12.5. The van der Waals surface area contributed by atoms with Crippen LogP contribution in [0.3, 0.4) is 0 Å². The van der Waals surface area contributed by atoms with Crippen LogP contribution >= 0.6 is 0 Å². The van der Waals surface area contributed by atoms with Crippen molar-refractivity contribution < 1.29 is 0 Å².